The lowest BCUT2D eigenvalue weighted by Gasteiger charge is -2.21. The molecular formula is C26H28N2O5. The maximum atomic E-state index is 12.8. The molecule has 172 valence electrons. The second-order valence-electron chi connectivity index (χ2n) is 9.44. The van der Waals surface area contributed by atoms with Gasteiger partial charge in [-0.2, -0.15) is 0 Å². The van der Waals surface area contributed by atoms with E-state index in [-0.39, 0.29) is 30.8 Å². The van der Waals surface area contributed by atoms with E-state index in [1.165, 1.54) is 0 Å². The number of fused-ring (bicyclic) bond motifs is 3. The molecule has 5 rings (SSSR count). The summed E-state index contributed by atoms with van der Waals surface area (Å²) < 4.78 is 5.58. The van der Waals surface area contributed by atoms with Crippen LogP contribution in [0, 0.1) is 11.8 Å². The van der Waals surface area contributed by atoms with E-state index in [0.29, 0.717) is 25.3 Å². The Morgan fingerprint density at radius 1 is 1.00 bits per heavy atom. The van der Waals surface area contributed by atoms with Gasteiger partial charge in [-0.15, -0.1) is 0 Å². The maximum absolute atomic E-state index is 12.8. The molecule has 0 saturated heterocycles. The molecule has 33 heavy (non-hydrogen) atoms. The Morgan fingerprint density at radius 2 is 1.61 bits per heavy atom. The summed E-state index contributed by atoms with van der Waals surface area (Å²) in [5.74, 6) is -0.836. The van der Waals surface area contributed by atoms with Gasteiger partial charge in [-0.3, -0.25) is 9.59 Å². The fraction of sp³-hybridized carbons (Fsp3) is 0.423. The molecule has 1 atom stereocenters. The average Bonchev–Trinajstić information content (AvgIpc) is 3.73. The van der Waals surface area contributed by atoms with Gasteiger partial charge < -0.3 is 20.5 Å². The van der Waals surface area contributed by atoms with E-state index >= 15 is 0 Å². The van der Waals surface area contributed by atoms with E-state index in [1.807, 2.05) is 24.3 Å². The molecule has 0 aromatic heterocycles. The number of aliphatic carboxylic acids is 1. The van der Waals surface area contributed by atoms with Crippen molar-refractivity contribution in [1.29, 1.82) is 0 Å². The molecule has 0 heterocycles. The van der Waals surface area contributed by atoms with E-state index < -0.39 is 17.6 Å². The van der Waals surface area contributed by atoms with Crippen molar-refractivity contribution in [1.82, 2.24) is 10.6 Å². The van der Waals surface area contributed by atoms with Gasteiger partial charge in [-0.1, -0.05) is 48.5 Å². The number of hydrogen-bond donors (Lipinski definition) is 3. The van der Waals surface area contributed by atoms with Crippen molar-refractivity contribution in [3.63, 3.8) is 0 Å². The van der Waals surface area contributed by atoms with Crippen molar-refractivity contribution in [3.05, 3.63) is 59.7 Å². The van der Waals surface area contributed by atoms with Crippen molar-refractivity contribution in [2.75, 3.05) is 13.2 Å². The van der Waals surface area contributed by atoms with Crippen LogP contribution in [0.1, 0.15) is 49.1 Å². The highest BCUT2D eigenvalue weighted by Crippen LogP contribution is 2.44. The molecule has 2 saturated carbocycles. The zero-order valence-corrected chi connectivity index (χ0v) is 18.4. The molecule has 2 aromatic rings. The summed E-state index contributed by atoms with van der Waals surface area (Å²) in [6, 6.07) is 16.3. The predicted molar refractivity (Wildman–Crippen MR) is 122 cm³/mol. The molecule has 0 radical (unpaired) electrons. The normalized spacial score (nSPS) is 18.5. The summed E-state index contributed by atoms with van der Waals surface area (Å²) >= 11 is 0. The Bertz CT molecular complexity index is 1040. The van der Waals surface area contributed by atoms with Crippen LogP contribution in [0.4, 0.5) is 4.79 Å². The van der Waals surface area contributed by atoms with E-state index in [2.05, 4.69) is 34.9 Å². The first-order valence-corrected chi connectivity index (χ1v) is 11.6. The summed E-state index contributed by atoms with van der Waals surface area (Å²) in [4.78, 5) is 36.4. The summed E-state index contributed by atoms with van der Waals surface area (Å²) in [5, 5.41) is 14.7. The predicted octanol–water partition coefficient (Wildman–Crippen LogP) is 3.67. The summed E-state index contributed by atoms with van der Waals surface area (Å²) in [6.45, 7) is 0.518. The molecule has 2 amide bonds. The van der Waals surface area contributed by atoms with Gasteiger partial charge in [0.25, 0.3) is 0 Å². The molecule has 0 spiro atoms. The first-order valence-electron chi connectivity index (χ1n) is 11.6. The van der Waals surface area contributed by atoms with E-state index in [1.54, 1.807) is 0 Å². The summed E-state index contributed by atoms with van der Waals surface area (Å²) in [7, 11) is 0. The number of alkyl carbamates (subject to hydrolysis) is 1. The zero-order valence-electron chi connectivity index (χ0n) is 18.4. The van der Waals surface area contributed by atoms with Crippen LogP contribution < -0.4 is 10.6 Å². The van der Waals surface area contributed by atoms with E-state index in [0.717, 1.165) is 35.1 Å². The van der Waals surface area contributed by atoms with Crippen LogP contribution in [0.2, 0.25) is 0 Å². The maximum Gasteiger partial charge on any atom is 0.408 e. The van der Waals surface area contributed by atoms with Gasteiger partial charge in [0.05, 0.1) is 6.42 Å². The highest BCUT2D eigenvalue weighted by molar-refractivity contribution is 5.92. The smallest absolute Gasteiger partial charge is 0.408 e. The Labute approximate surface area is 192 Å². The number of nitrogens with one attached hydrogen (secondary N) is 2. The van der Waals surface area contributed by atoms with Crippen molar-refractivity contribution in [2.45, 2.75) is 43.6 Å². The molecule has 2 aromatic carbocycles. The molecule has 2 fully saturated rings. The summed E-state index contributed by atoms with van der Waals surface area (Å²) in [6.07, 6.45) is 2.58. The summed E-state index contributed by atoms with van der Waals surface area (Å²) in [5.41, 5.74) is 3.64. The topological polar surface area (TPSA) is 105 Å². The van der Waals surface area contributed by atoms with Crippen LogP contribution in [0.3, 0.4) is 0 Å². The molecule has 0 bridgehead atoms. The third-order valence-corrected chi connectivity index (χ3v) is 7.12. The number of carboxylic acids is 1. The fourth-order valence-electron chi connectivity index (χ4n) is 4.95. The molecule has 1 unspecified atom stereocenters. The Kier molecular flexibility index (Phi) is 5.56. The van der Waals surface area contributed by atoms with Crippen LogP contribution >= 0.6 is 0 Å². The number of carbonyl (C=O) groups excluding carboxylic acids is 2. The van der Waals surface area contributed by atoms with Crippen LogP contribution in [0.15, 0.2) is 48.5 Å². The third kappa shape index (κ3) is 4.45. The quantitative estimate of drug-likeness (QED) is 0.543. The fourth-order valence-corrected chi connectivity index (χ4v) is 4.95. The van der Waals surface area contributed by atoms with Crippen molar-refractivity contribution in [2.24, 2.45) is 11.8 Å². The lowest BCUT2D eigenvalue weighted by atomic mass is 9.98. The van der Waals surface area contributed by atoms with Gasteiger partial charge in [0, 0.05) is 12.5 Å². The van der Waals surface area contributed by atoms with Gasteiger partial charge in [0.2, 0.25) is 5.91 Å². The van der Waals surface area contributed by atoms with Crippen molar-refractivity contribution >= 4 is 18.0 Å². The SMILES string of the molecule is O=C(O)CC(CNC(=O)C1(NC(=O)OCC2c3ccccc3-c3ccccc32)CC1)C1CC1. The molecule has 3 N–H and O–H groups in total. The highest BCUT2D eigenvalue weighted by Gasteiger charge is 2.52. The van der Waals surface area contributed by atoms with Crippen LogP contribution in [-0.2, 0) is 14.3 Å². The minimum atomic E-state index is -0.945. The molecule has 7 heteroatoms. The number of hydrogen-bond acceptors (Lipinski definition) is 4. The number of rotatable bonds is 9. The van der Waals surface area contributed by atoms with E-state index in [9.17, 15) is 14.4 Å². The first-order chi connectivity index (χ1) is 16.0. The van der Waals surface area contributed by atoms with Gasteiger partial charge in [-0.25, -0.2) is 4.79 Å². The Morgan fingerprint density at radius 3 is 2.15 bits per heavy atom. The van der Waals surface area contributed by atoms with Crippen LogP contribution in [0.25, 0.3) is 11.1 Å². The van der Waals surface area contributed by atoms with Crippen LogP contribution in [0.5, 0.6) is 0 Å². The molecule has 3 aliphatic rings. The number of amides is 2. The number of carboxylic acid groups (broad SMARTS) is 1. The van der Waals surface area contributed by atoms with E-state index in [4.69, 9.17) is 9.84 Å². The van der Waals surface area contributed by atoms with Crippen molar-refractivity contribution < 1.29 is 24.2 Å². The second kappa shape index (κ2) is 8.54. The lowest BCUT2D eigenvalue weighted by molar-refractivity contribution is -0.138. The monoisotopic (exact) mass is 448 g/mol. The zero-order chi connectivity index (χ0) is 23.0. The minimum absolute atomic E-state index is 0.0394. The Hall–Kier alpha value is -3.35. The highest BCUT2D eigenvalue weighted by atomic mass is 16.5. The molecule has 0 aliphatic heterocycles. The number of benzene rings is 2. The molecule has 7 nitrogen and oxygen atoms in total. The second-order valence-corrected chi connectivity index (χ2v) is 9.44. The number of carbonyl (C=O) groups is 3. The minimum Gasteiger partial charge on any atom is -0.481 e. The van der Waals surface area contributed by atoms with Crippen molar-refractivity contribution in [3.8, 4) is 11.1 Å². The third-order valence-electron chi connectivity index (χ3n) is 7.12. The Balaban J connectivity index is 1.17. The lowest BCUT2D eigenvalue weighted by Crippen LogP contribution is -2.50. The average molecular weight is 449 g/mol. The van der Waals surface area contributed by atoms with Gasteiger partial charge in [0.1, 0.15) is 12.1 Å². The van der Waals surface area contributed by atoms with Gasteiger partial charge in [0.15, 0.2) is 0 Å². The number of ether oxygens (including phenoxy) is 1. The molecule has 3 aliphatic carbocycles. The first kappa shape index (κ1) is 21.5. The standard InChI is InChI=1S/C26H28N2O5/c29-23(30)13-17(16-9-10-16)14-27-24(31)26(11-12-26)28-25(32)33-15-22-20-7-3-1-5-18(20)19-6-2-4-8-21(19)22/h1-8,16-17,22H,9-15H2,(H,27,31)(H,28,32)(H,29,30). The van der Waals surface area contributed by atoms with Crippen LogP contribution in [-0.4, -0.2) is 41.8 Å². The van der Waals surface area contributed by atoms with Gasteiger partial charge >= 0.3 is 12.1 Å². The van der Waals surface area contributed by atoms with Gasteiger partial charge in [-0.05, 0) is 59.8 Å². The molecular weight excluding hydrogens is 420 g/mol. The largest absolute Gasteiger partial charge is 0.481 e.